The summed E-state index contributed by atoms with van der Waals surface area (Å²) in [6.07, 6.45) is 1.60. The minimum Gasteiger partial charge on any atom is -0.480 e. The number of urea groups is 1. The number of fused-ring (bicyclic) bond motifs is 1. The Kier molecular flexibility index (Phi) is 3.05. The number of aryl methyl sites for hydroxylation is 1. The standard InChI is InChI=1S/C13H13N5O3/c1-17-12(14-7-15-17)16-13(21)18-9-5-3-2-4-8(9)6-10(18)11(19)20/h2-5,7,10H,6H2,1H3,(H,19,20)(H,14,15,16,21)/t10-/m0/s1. The van der Waals surface area contributed by atoms with Crippen molar-refractivity contribution in [2.45, 2.75) is 12.5 Å². The van der Waals surface area contributed by atoms with E-state index in [-0.39, 0.29) is 12.4 Å². The molecule has 2 heterocycles. The van der Waals surface area contributed by atoms with Crippen LogP contribution in [0.4, 0.5) is 16.4 Å². The molecule has 1 aromatic heterocycles. The van der Waals surface area contributed by atoms with Gasteiger partial charge in [-0.2, -0.15) is 10.1 Å². The van der Waals surface area contributed by atoms with Crippen LogP contribution in [0.1, 0.15) is 5.56 Å². The van der Waals surface area contributed by atoms with Crippen molar-refractivity contribution in [2.75, 3.05) is 10.2 Å². The number of benzene rings is 1. The summed E-state index contributed by atoms with van der Waals surface area (Å²) in [6, 6.07) is 5.68. The molecule has 21 heavy (non-hydrogen) atoms. The lowest BCUT2D eigenvalue weighted by molar-refractivity contribution is -0.138. The number of aromatic nitrogens is 3. The average molecular weight is 287 g/mol. The normalized spacial score (nSPS) is 16.6. The molecule has 0 spiro atoms. The summed E-state index contributed by atoms with van der Waals surface area (Å²) in [5.41, 5.74) is 1.43. The number of anilines is 2. The van der Waals surface area contributed by atoms with Crippen molar-refractivity contribution in [3.8, 4) is 0 Å². The maximum absolute atomic E-state index is 12.4. The Labute approximate surface area is 120 Å². The summed E-state index contributed by atoms with van der Waals surface area (Å²) >= 11 is 0. The molecule has 8 nitrogen and oxygen atoms in total. The summed E-state index contributed by atoms with van der Waals surface area (Å²) < 4.78 is 1.40. The lowest BCUT2D eigenvalue weighted by Gasteiger charge is -2.22. The van der Waals surface area contributed by atoms with Crippen molar-refractivity contribution in [1.82, 2.24) is 14.8 Å². The Balaban J connectivity index is 1.92. The first-order valence-electron chi connectivity index (χ1n) is 6.33. The summed E-state index contributed by atoms with van der Waals surface area (Å²) in [4.78, 5) is 29.0. The maximum Gasteiger partial charge on any atom is 0.329 e. The summed E-state index contributed by atoms with van der Waals surface area (Å²) in [5.74, 6) is -0.784. The number of hydrogen-bond donors (Lipinski definition) is 2. The number of carbonyl (C=O) groups excluding carboxylic acids is 1. The first-order chi connectivity index (χ1) is 10.1. The van der Waals surface area contributed by atoms with Gasteiger partial charge in [0.05, 0.1) is 0 Å². The lowest BCUT2D eigenvalue weighted by atomic mass is 10.1. The molecule has 0 unspecified atom stereocenters. The number of nitrogens with one attached hydrogen (secondary N) is 1. The molecule has 2 aromatic rings. The number of aliphatic carboxylic acids is 1. The van der Waals surface area contributed by atoms with Crippen molar-refractivity contribution in [3.05, 3.63) is 36.2 Å². The quantitative estimate of drug-likeness (QED) is 0.853. The SMILES string of the molecule is Cn1ncnc1NC(=O)N1c2ccccc2C[C@H]1C(=O)O. The topological polar surface area (TPSA) is 100 Å². The predicted molar refractivity (Wildman–Crippen MR) is 74.1 cm³/mol. The Bertz CT molecular complexity index is 711. The minimum atomic E-state index is -1.04. The molecule has 0 radical (unpaired) electrons. The molecule has 0 saturated heterocycles. The van der Waals surface area contributed by atoms with Crippen LogP contribution in [0, 0.1) is 0 Å². The highest BCUT2D eigenvalue weighted by molar-refractivity contribution is 6.06. The third-order valence-electron chi connectivity index (χ3n) is 3.41. The Morgan fingerprint density at radius 3 is 2.81 bits per heavy atom. The largest absolute Gasteiger partial charge is 0.480 e. The zero-order chi connectivity index (χ0) is 15.0. The zero-order valence-electron chi connectivity index (χ0n) is 11.2. The second kappa shape index (κ2) is 4.89. The van der Waals surface area contributed by atoms with Gasteiger partial charge in [0, 0.05) is 19.2 Å². The van der Waals surface area contributed by atoms with Crippen molar-refractivity contribution in [2.24, 2.45) is 7.05 Å². The van der Waals surface area contributed by atoms with Crippen LogP contribution >= 0.6 is 0 Å². The molecule has 0 aliphatic carbocycles. The molecular formula is C13H13N5O3. The number of carbonyl (C=O) groups is 2. The number of rotatable bonds is 2. The first-order valence-corrected chi connectivity index (χ1v) is 6.33. The Morgan fingerprint density at radius 2 is 2.14 bits per heavy atom. The highest BCUT2D eigenvalue weighted by Crippen LogP contribution is 2.32. The van der Waals surface area contributed by atoms with E-state index in [1.807, 2.05) is 12.1 Å². The minimum absolute atomic E-state index is 0.258. The van der Waals surface area contributed by atoms with Crippen LogP contribution in [-0.2, 0) is 18.3 Å². The van der Waals surface area contributed by atoms with Gasteiger partial charge in [-0.25, -0.2) is 14.3 Å². The molecule has 2 N–H and O–H groups in total. The van der Waals surface area contributed by atoms with Gasteiger partial charge in [-0.15, -0.1) is 0 Å². The van der Waals surface area contributed by atoms with E-state index in [0.717, 1.165) is 5.56 Å². The van der Waals surface area contributed by atoms with Gasteiger partial charge in [-0.3, -0.25) is 10.2 Å². The molecule has 1 atom stereocenters. The summed E-state index contributed by atoms with van der Waals surface area (Å²) in [7, 11) is 1.63. The highest BCUT2D eigenvalue weighted by atomic mass is 16.4. The van der Waals surface area contributed by atoms with Gasteiger partial charge < -0.3 is 5.11 Å². The third kappa shape index (κ3) is 2.20. The van der Waals surface area contributed by atoms with E-state index < -0.39 is 18.0 Å². The van der Waals surface area contributed by atoms with Gasteiger partial charge in [-0.1, -0.05) is 18.2 Å². The van der Waals surface area contributed by atoms with Crippen molar-refractivity contribution >= 4 is 23.6 Å². The number of carboxylic acid groups (broad SMARTS) is 1. The van der Waals surface area contributed by atoms with Crippen LogP contribution in [0.15, 0.2) is 30.6 Å². The molecule has 8 heteroatoms. The van der Waals surface area contributed by atoms with Crippen LogP contribution < -0.4 is 10.2 Å². The summed E-state index contributed by atoms with van der Waals surface area (Å²) in [6.45, 7) is 0. The molecule has 0 bridgehead atoms. The van der Waals surface area contributed by atoms with Crippen molar-refractivity contribution in [3.63, 3.8) is 0 Å². The molecule has 1 aliphatic heterocycles. The van der Waals surface area contributed by atoms with Gasteiger partial charge in [0.15, 0.2) is 0 Å². The number of amides is 2. The monoisotopic (exact) mass is 287 g/mol. The fraction of sp³-hybridized carbons (Fsp3) is 0.231. The number of carboxylic acids is 1. The Morgan fingerprint density at radius 1 is 1.38 bits per heavy atom. The smallest absolute Gasteiger partial charge is 0.329 e. The maximum atomic E-state index is 12.4. The number of para-hydroxylation sites is 1. The molecule has 108 valence electrons. The van der Waals surface area contributed by atoms with E-state index in [9.17, 15) is 14.7 Å². The van der Waals surface area contributed by atoms with Gasteiger partial charge in [0.25, 0.3) is 0 Å². The van der Waals surface area contributed by atoms with Gasteiger partial charge in [-0.05, 0) is 11.6 Å². The van der Waals surface area contributed by atoms with E-state index in [0.29, 0.717) is 5.69 Å². The van der Waals surface area contributed by atoms with Crippen molar-refractivity contribution < 1.29 is 14.7 Å². The van der Waals surface area contributed by atoms with Crippen molar-refractivity contribution in [1.29, 1.82) is 0 Å². The lowest BCUT2D eigenvalue weighted by Crippen LogP contribution is -2.45. The zero-order valence-corrected chi connectivity index (χ0v) is 11.2. The number of nitrogens with zero attached hydrogens (tertiary/aromatic N) is 4. The third-order valence-corrected chi connectivity index (χ3v) is 3.41. The fourth-order valence-corrected chi connectivity index (χ4v) is 2.40. The molecule has 1 aromatic carbocycles. The molecule has 0 fully saturated rings. The Hall–Kier alpha value is -2.90. The van der Waals surface area contributed by atoms with E-state index in [1.165, 1.54) is 15.9 Å². The van der Waals surface area contributed by atoms with Crippen LogP contribution in [0.25, 0.3) is 0 Å². The molecule has 1 aliphatic rings. The predicted octanol–water partition coefficient (Wildman–Crippen LogP) is 0.863. The second-order valence-electron chi connectivity index (χ2n) is 4.69. The number of hydrogen-bond acceptors (Lipinski definition) is 4. The van der Waals surface area contributed by atoms with Gasteiger partial charge in [0.2, 0.25) is 5.95 Å². The van der Waals surface area contributed by atoms with E-state index in [2.05, 4.69) is 15.4 Å². The highest BCUT2D eigenvalue weighted by Gasteiger charge is 2.38. The molecule has 3 rings (SSSR count). The summed E-state index contributed by atoms with van der Waals surface area (Å²) in [5, 5.41) is 15.8. The first kappa shape index (κ1) is 13.1. The van der Waals surface area contributed by atoms with Gasteiger partial charge in [0.1, 0.15) is 12.4 Å². The molecular weight excluding hydrogens is 274 g/mol. The van der Waals surface area contributed by atoms with Crippen LogP contribution in [0.5, 0.6) is 0 Å². The van der Waals surface area contributed by atoms with E-state index in [4.69, 9.17) is 0 Å². The van der Waals surface area contributed by atoms with Crippen LogP contribution in [-0.4, -0.2) is 37.9 Å². The average Bonchev–Trinajstić information content (AvgIpc) is 3.03. The molecule has 0 saturated carbocycles. The van der Waals surface area contributed by atoms with Crippen LogP contribution in [0.3, 0.4) is 0 Å². The fourth-order valence-electron chi connectivity index (χ4n) is 2.40. The van der Waals surface area contributed by atoms with Gasteiger partial charge >= 0.3 is 12.0 Å². The van der Waals surface area contributed by atoms with E-state index in [1.54, 1.807) is 19.2 Å². The van der Waals surface area contributed by atoms with Crippen LogP contribution in [0.2, 0.25) is 0 Å². The molecule has 2 amide bonds. The second-order valence-corrected chi connectivity index (χ2v) is 4.69. The van der Waals surface area contributed by atoms with E-state index >= 15 is 0 Å².